The summed E-state index contributed by atoms with van der Waals surface area (Å²) in [5.74, 6) is -1.50. The van der Waals surface area contributed by atoms with E-state index in [1.807, 2.05) is 0 Å². The molecule has 0 saturated heterocycles. The fraction of sp³-hybridized carbons (Fsp3) is 0.455. The maximum atomic E-state index is 11.9. The first-order valence-corrected chi connectivity index (χ1v) is 5.79. The molecule has 0 aliphatic carbocycles. The molecule has 0 aliphatic heterocycles. The molecule has 1 rings (SSSR count). The van der Waals surface area contributed by atoms with Gasteiger partial charge in [0.05, 0.1) is 24.8 Å². The van der Waals surface area contributed by atoms with E-state index in [0.29, 0.717) is 6.54 Å². The molecule has 20 heavy (non-hydrogen) atoms. The summed E-state index contributed by atoms with van der Waals surface area (Å²) >= 11 is 0. The van der Waals surface area contributed by atoms with Gasteiger partial charge in [0.25, 0.3) is 11.6 Å². The van der Waals surface area contributed by atoms with Gasteiger partial charge >= 0.3 is 5.97 Å². The van der Waals surface area contributed by atoms with Gasteiger partial charge in [-0.05, 0) is 6.92 Å². The van der Waals surface area contributed by atoms with Crippen LogP contribution in [0.4, 0.5) is 5.69 Å². The number of carbonyl (C=O) groups excluding carboxylic acids is 2. The summed E-state index contributed by atoms with van der Waals surface area (Å²) in [6, 6.07) is 1.13. The van der Waals surface area contributed by atoms with Gasteiger partial charge < -0.3 is 19.7 Å². The molecule has 1 unspecified atom stereocenters. The minimum atomic E-state index is -1.48. The van der Waals surface area contributed by atoms with Gasteiger partial charge in [-0.25, -0.2) is 4.79 Å². The Labute approximate surface area is 114 Å². The number of nitrogens with one attached hydrogen (secondary N) is 1. The number of aryl methyl sites for hydroxylation is 1. The normalized spacial score (nSPS) is 11.8. The van der Waals surface area contributed by atoms with Gasteiger partial charge in [-0.3, -0.25) is 14.9 Å². The standard InChI is InChI=1S/C11H15N3O6/c1-3-13-6-7(14(18)19)4-8(13)10(16)12-5-9(15)11(17)20-2/h4,6,9,15H,3,5H2,1-2H3,(H,12,16). The van der Waals surface area contributed by atoms with Crippen molar-refractivity contribution in [3.63, 3.8) is 0 Å². The lowest BCUT2D eigenvalue weighted by Gasteiger charge is -2.10. The zero-order valence-corrected chi connectivity index (χ0v) is 11.0. The summed E-state index contributed by atoms with van der Waals surface area (Å²) < 4.78 is 5.70. The molecule has 0 aliphatic rings. The van der Waals surface area contributed by atoms with Crippen LogP contribution in [0.15, 0.2) is 12.3 Å². The Morgan fingerprint density at radius 3 is 2.75 bits per heavy atom. The summed E-state index contributed by atoms with van der Waals surface area (Å²) in [5, 5.41) is 22.3. The van der Waals surface area contributed by atoms with Crippen molar-refractivity contribution in [2.45, 2.75) is 19.6 Å². The Balaban J connectivity index is 2.77. The van der Waals surface area contributed by atoms with Gasteiger partial charge in [-0.2, -0.15) is 0 Å². The summed E-state index contributed by atoms with van der Waals surface area (Å²) in [7, 11) is 1.11. The fourth-order valence-corrected chi connectivity index (χ4v) is 1.55. The molecule has 1 aromatic rings. The molecule has 0 bridgehead atoms. The number of aromatic nitrogens is 1. The second kappa shape index (κ2) is 6.66. The number of aliphatic hydroxyl groups excluding tert-OH is 1. The fourth-order valence-electron chi connectivity index (χ4n) is 1.55. The first-order valence-electron chi connectivity index (χ1n) is 5.79. The first-order chi connectivity index (χ1) is 9.40. The molecule has 0 fully saturated rings. The number of hydrogen-bond donors (Lipinski definition) is 2. The third-order valence-electron chi connectivity index (χ3n) is 2.60. The summed E-state index contributed by atoms with van der Waals surface area (Å²) in [6.45, 7) is 1.76. The van der Waals surface area contributed by atoms with Gasteiger partial charge in [-0.15, -0.1) is 0 Å². The van der Waals surface area contributed by atoms with Gasteiger partial charge in [-0.1, -0.05) is 0 Å². The van der Waals surface area contributed by atoms with E-state index in [9.17, 15) is 24.8 Å². The molecule has 2 N–H and O–H groups in total. The Morgan fingerprint density at radius 1 is 1.60 bits per heavy atom. The third-order valence-corrected chi connectivity index (χ3v) is 2.60. The molecule has 0 radical (unpaired) electrons. The molecule has 0 aromatic carbocycles. The molecular formula is C11H15N3O6. The average molecular weight is 285 g/mol. The van der Waals surface area contributed by atoms with Crippen molar-refractivity contribution in [2.24, 2.45) is 0 Å². The molecule has 1 atom stereocenters. The smallest absolute Gasteiger partial charge is 0.336 e. The van der Waals surface area contributed by atoms with Crippen LogP contribution in [0.1, 0.15) is 17.4 Å². The summed E-state index contributed by atoms with van der Waals surface area (Å²) in [6.07, 6.45) is -0.241. The van der Waals surface area contributed by atoms with Gasteiger partial charge in [0.2, 0.25) is 0 Å². The lowest BCUT2D eigenvalue weighted by atomic mass is 10.3. The van der Waals surface area contributed by atoms with Crippen molar-refractivity contribution in [3.05, 3.63) is 28.1 Å². The van der Waals surface area contributed by atoms with Gasteiger partial charge in [0, 0.05) is 12.6 Å². The van der Waals surface area contributed by atoms with Crippen LogP contribution in [-0.4, -0.2) is 46.2 Å². The SMILES string of the molecule is CCn1cc([N+](=O)[O-])cc1C(=O)NCC(O)C(=O)OC. The molecule has 9 nitrogen and oxygen atoms in total. The number of rotatable bonds is 6. The highest BCUT2D eigenvalue weighted by atomic mass is 16.6. The topological polar surface area (TPSA) is 124 Å². The van der Waals surface area contributed by atoms with E-state index in [0.717, 1.165) is 13.2 Å². The number of nitro groups is 1. The molecule has 0 spiro atoms. The molecule has 1 amide bonds. The van der Waals surface area contributed by atoms with E-state index < -0.39 is 22.9 Å². The number of nitrogens with zero attached hydrogens (tertiary/aromatic N) is 2. The predicted octanol–water partition coefficient (Wildman–Crippen LogP) is -0.320. The summed E-state index contributed by atoms with van der Waals surface area (Å²) in [4.78, 5) is 32.9. The third kappa shape index (κ3) is 3.54. The van der Waals surface area contributed by atoms with Crippen molar-refractivity contribution in [1.82, 2.24) is 9.88 Å². The van der Waals surface area contributed by atoms with Crippen LogP contribution in [0, 0.1) is 10.1 Å². The molecule has 9 heteroatoms. The van der Waals surface area contributed by atoms with Crippen LogP contribution in [0.5, 0.6) is 0 Å². The average Bonchev–Trinajstić information content (AvgIpc) is 2.87. The monoisotopic (exact) mass is 285 g/mol. The van der Waals surface area contributed by atoms with E-state index in [1.165, 1.54) is 10.8 Å². The van der Waals surface area contributed by atoms with Crippen molar-refractivity contribution in [1.29, 1.82) is 0 Å². The number of methoxy groups -OCH3 is 1. The Morgan fingerprint density at radius 2 is 2.25 bits per heavy atom. The van der Waals surface area contributed by atoms with Crippen molar-refractivity contribution >= 4 is 17.6 Å². The molecule has 1 aromatic heterocycles. The van der Waals surface area contributed by atoms with E-state index in [4.69, 9.17) is 0 Å². The zero-order chi connectivity index (χ0) is 15.3. The van der Waals surface area contributed by atoms with Crippen molar-refractivity contribution in [2.75, 3.05) is 13.7 Å². The van der Waals surface area contributed by atoms with Crippen molar-refractivity contribution < 1.29 is 24.4 Å². The van der Waals surface area contributed by atoms with E-state index in [1.54, 1.807) is 6.92 Å². The second-order valence-corrected chi connectivity index (χ2v) is 3.88. The van der Waals surface area contributed by atoms with Gasteiger partial charge in [0.1, 0.15) is 5.69 Å². The number of esters is 1. The number of hydrogen-bond acceptors (Lipinski definition) is 6. The molecule has 1 heterocycles. The highest BCUT2D eigenvalue weighted by molar-refractivity contribution is 5.93. The van der Waals surface area contributed by atoms with Crippen LogP contribution < -0.4 is 5.32 Å². The molecule has 110 valence electrons. The number of carbonyl (C=O) groups is 2. The van der Waals surface area contributed by atoms with Crippen LogP contribution in [0.3, 0.4) is 0 Å². The van der Waals surface area contributed by atoms with Gasteiger partial charge in [0.15, 0.2) is 6.10 Å². The van der Waals surface area contributed by atoms with Crippen molar-refractivity contribution in [3.8, 4) is 0 Å². The van der Waals surface area contributed by atoms with Crippen LogP contribution in [0.25, 0.3) is 0 Å². The highest BCUT2D eigenvalue weighted by Gasteiger charge is 2.21. The van der Waals surface area contributed by atoms with E-state index in [2.05, 4.69) is 10.1 Å². The number of aliphatic hydroxyl groups is 1. The van der Waals surface area contributed by atoms with Crippen LogP contribution in [0.2, 0.25) is 0 Å². The maximum absolute atomic E-state index is 11.9. The Hall–Kier alpha value is -2.42. The minimum absolute atomic E-state index is 0.0799. The highest BCUT2D eigenvalue weighted by Crippen LogP contribution is 2.16. The minimum Gasteiger partial charge on any atom is -0.467 e. The molecular weight excluding hydrogens is 270 g/mol. The predicted molar refractivity (Wildman–Crippen MR) is 67.1 cm³/mol. The number of amides is 1. The largest absolute Gasteiger partial charge is 0.467 e. The zero-order valence-electron chi connectivity index (χ0n) is 11.0. The lowest BCUT2D eigenvalue weighted by molar-refractivity contribution is -0.384. The Kier molecular flexibility index (Phi) is 5.21. The second-order valence-electron chi connectivity index (χ2n) is 3.88. The van der Waals surface area contributed by atoms with E-state index >= 15 is 0 Å². The Bertz CT molecular complexity index is 524. The maximum Gasteiger partial charge on any atom is 0.336 e. The first kappa shape index (κ1) is 15.6. The number of ether oxygens (including phenoxy) is 1. The van der Waals surface area contributed by atoms with E-state index in [-0.39, 0.29) is 17.9 Å². The van der Waals surface area contributed by atoms with Crippen LogP contribution in [-0.2, 0) is 16.1 Å². The molecule has 0 saturated carbocycles. The lowest BCUT2D eigenvalue weighted by Crippen LogP contribution is -2.37. The van der Waals surface area contributed by atoms with Crippen LogP contribution >= 0.6 is 0 Å². The summed E-state index contributed by atoms with van der Waals surface area (Å²) in [5.41, 5.74) is -0.123. The quantitative estimate of drug-likeness (QED) is 0.419.